The monoisotopic (exact) mass is 385 g/mol. The van der Waals surface area contributed by atoms with Gasteiger partial charge in [-0.1, -0.05) is 0 Å². The molecule has 2 amide bonds. The van der Waals surface area contributed by atoms with E-state index in [1.807, 2.05) is 0 Å². The Morgan fingerprint density at radius 3 is 2.54 bits per heavy atom. The summed E-state index contributed by atoms with van der Waals surface area (Å²) in [7, 11) is 3.05. The van der Waals surface area contributed by atoms with Crippen molar-refractivity contribution in [3.63, 3.8) is 0 Å². The fourth-order valence-corrected chi connectivity index (χ4v) is 2.38. The lowest BCUT2D eigenvalue weighted by Gasteiger charge is -2.11. The normalized spacial score (nSPS) is 10.4. The summed E-state index contributed by atoms with van der Waals surface area (Å²) in [6, 6.07) is 7.52. The van der Waals surface area contributed by atoms with Crippen LogP contribution in [0.4, 0.5) is 10.5 Å². The second kappa shape index (κ2) is 8.66. The summed E-state index contributed by atoms with van der Waals surface area (Å²) in [6.45, 7) is 0.386. The molecule has 11 heteroatoms. The number of amides is 2. The number of methoxy groups -OCH3 is 2. The molecule has 3 aromatic rings. The van der Waals surface area contributed by atoms with Gasteiger partial charge in [-0.3, -0.25) is 4.79 Å². The Morgan fingerprint density at radius 1 is 1.14 bits per heavy atom. The average molecular weight is 385 g/mol. The van der Waals surface area contributed by atoms with Crippen LogP contribution in [0.5, 0.6) is 11.5 Å². The van der Waals surface area contributed by atoms with Crippen LogP contribution in [0.1, 0.15) is 0 Å². The Kier molecular flexibility index (Phi) is 5.84. The first kappa shape index (κ1) is 18.9. The Morgan fingerprint density at radius 2 is 1.89 bits per heavy atom. The Bertz CT molecular complexity index is 979. The lowest BCUT2D eigenvalue weighted by atomic mass is 10.3. The highest BCUT2D eigenvalue weighted by atomic mass is 16.5. The van der Waals surface area contributed by atoms with Crippen LogP contribution in [0.15, 0.2) is 47.8 Å². The van der Waals surface area contributed by atoms with E-state index in [2.05, 4.69) is 25.8 Å². The molecular formula is C17H19N7O4. The van der Waals surface area contributed by atoms with E-state index >= 15 is 0 Å². The zero-order valence-corrected chi connectivity index (χ0v) is 15.3. The van der Waals surface area contributed by atoms with Gasteiger partial charge in [0, 0.05) is 36.5 Å². The van der Waals surface area contributed by atoms with E-state index in [-0.39, 0.29) is 18.6 Å². The van der Waals surface area contributed by atoms with Crippen molar-refractivity contribution in [3.05, 3.63) is 53.3 Å². The quantitative estimate of drug-likeness (QED) is 0.612. The van der Waals surface area contributed by atoms with Crippen molar-refractivity contribution in [1.82, 2.24) is 29.9 Å². The highest BCUT2D eigenvalue weighted by Crippen LogP contribution is 2.25. The molecule has 0 spiro atoms. The van der Waals surface area contributed by atoms with Crippen molar-refractivity contribution in [2.45, 2.75) is 6.54 Å². The lowest BCUT2D eigenvalue weighted by Crippen LogP contribution is -2.34. The smallest absolute Gasteiger partial charge is 0.319 e. The number of carbonyl (C=O) groups is 1. The van der Waals surface area contributed by atoms with E-state index in [9.17, 15) is 9.59 Å². The first-order valence-electron chi connectivity index (χ1n) is 8.30. The molecule has 11 nitrogen and oxygen atoms in total. The van der Waals surface area contributed by atoms with Crippen molar-refractivity contribution in [1.29, 1.82) is 0 Å². The molecule has 0 aliphatic heterocycles. The summed E-state index contributed by atoms with van der Waals surface area (Å²) in [5.41, 5.74) is 0.223. The van der Waals surface area contributed by atoms with Gasteiger partial charge in [0.15, 0.2) is 5.82 Å². The number of nitrogens with one attached hydrogen (secondary N) is 2. The molecule has 2 aromatic heterocycles. The van der Waals surface area contributed by atoms with Gasteiger partial charge in [-0.2, -0.15) is 5.10 Å². The van der Waals surface area contributed by atoms with Crippen LogP contribution in [-0.2, 0) is 6.54 Å². The fraction of sp³-hybridized carbons (Fsp3) is 0.235. The third kappa shape index (κ3) is 4.63. The van der Waals surface area contributed by atoms with Crippen molar-refractivity contribution in [3.8, 4) is 17.3 Å². The molecule has 0 unspecified atom stereocenters. The number of hydrogen-bond donors (Lipinski definition) is 2. The van der Waals surface area contributed by atoms with Crippen molar-refractivity contribution < 1.29 is 14.3 Å². The van der Waals surface area contributed by atoms with Gasteiger partial charge in [0.2, 0.25) is 0 Å². The zero-order valence-electron chi connectivity index (χ0n) is 15.3. The standard InChI is InChI=1S/C17H19N7O4/c1-27-13-7-12(8-14(9-13)28-2)21-17(26)19-5-6-23-16(25)4-3-15(22-23)24-11-18-10-20-24/h3-4,7-11H,5-6H2,1-2H3,(H2,19,21,26). The van der Waals surface area contributed by atoms with Gasteiger partial charge in [-0.15, -0.1) is 5.10 Å². The summed E-state index contributed by atoms with van der Waals surface area (Å²) in [6.07, 6.45) is 2.85. The molecule has 0 saturated heterocycles. The van der Waals surface area contributed by atoms with Crippen LogP contribution in [-0.4, -0.2) is 51.3 Å². The Balaban J connectivity index is 1.59. The van der Waals surface area contributed by atoms with Crippen LogP contribution in [0.3, 0.4) is 0 Å². The molecule has 1 aromatic carbocycles. The van der Waals surface area contributed by atoms with Gasteiger partial charge in [0.25, 0.3) is 5.56 Å². The topological polar surface area (TPSA) is 125 Å². The van der Waals surface area contributed by atoms with E-state index in [1.165, 1.54) is 42.3 Å². The maximum atomic E-state index is 12.1. The summed E-state index contributed by atoms with van der Waals surface area (Å²) in [4.78, 5) is 27.9. The number of aromatic nitrogens is 5. The molecule has 146 valence electrons. The molecule has 0 radical (unpaired) electrons. The Hall–Kier alpha value is -3.89. The van der Waals surface area contributed by atoms with Gasteiger partial charge in [0.1, 0.15) is 24.2 Å². The summed E-state index contributed by atoms with van der Waals surface area (Å²) in [5, 5.41) is 13.5. The molecular weight excluding hydrogens is 366 g/mol. The number of nitrogens with zero attached hydrogens (tertiary/aromatic N) is 5. The predicted octanol–water partition coefficient (Wildman–Crippen LogP) is 0.663. The van der Waals surface area contributed by atoms with E-state index < -0.39 is 6.03 Å². The number of carbonyl (C=O) groups excluding carboxylic acids is 1. The first-order chi connectivity index (χ1) is 13.6. The van der Waals surface area contributed by atoms with Crippen LogP contribution < -0.4 is 25.7 Å². The van der Waals surface area contributed by atoms with Crippen LogP contribution >= 0.6 is 0 Å². The number of urea groups is 1. The minimum absolute atomic E-state index is 0.191. The van der Waals surface area contributed by atoms with E-state index in [0.29, 0.717) is 23.0 Å². The van der Waals surface area contributed by atoms with Crippen LogP contribution in [0.2, 0.25) is 0 Å². The third-order valence-corrected chi connectivity index (χ3v) is 3.72. The molecule has 0 fully saturated rings. The number of benzene rings is 1. The lowest BCUT2D eigenvalue weighted by molar-refractivity contribution is 0.251. The molecule has 0 aliphatic carbocycles. The van der Waals surface area contributed by atoms with Gasteiger partial charge in [-0.25, -0.2) is 19.1 Å². The predicted molar refractivity (Wildman–Crippen MR) is 100.0 cm³/mol. The average Bonchev–Trinajstić information content (AvgIpc) is 3.23. The zero-order chi connectivity index (χ0) is 19.9. The Labute approximate surface area is 159 Å². The fourth-order valence-electron chi connectivity index (χ4n) is 2.38. The maximum absolute atomic E-state index is 12.1. The van der Waals surface area contributed by atoms with Crippen molar-refractivity contribution >= 4 is 11.7 Å². The highest BCUT2D eigenvalue weighted by molar-refractivity contribution is 5.89. The van der Waals surface area contributed by atoms with Crippen molar-refractivity contribution in [2.24, 2.45) is 0 Å². The molecule has 0 saturated carbocycles. The number of rotatable bonds is 7. The minimum Gasteiger partial charge on any atom is -0.497 e. The molecule has 0 bridgehead atoms. The van der Waals surface area contributed by atoms with Crippen LogP contribution in [0.25, 0.3) is 5.82 Å². The second-order valence-corrected chi connectivity index (χ2v) is 5.58. The molecule has 2 heterocycles. The largest absolute Gasteiger partial charge is 0.497 e. The number of ether oxygens (including phenoxy) is 2. The van der Waals surface area contributed by atoms with E-state index in [0.717, 1.165) is 0 Å². The minimum atomic E-state index is -0.434. The van der Waals surface area contributed by atoms with E-state index in [1.54, 1.807) is 24.3 Å². The van der Waals surface area contributed by atoms with E-state index in [4.69, 9.17) is 9.47 Å². The number of hydrogen-bond acceptors (Lipinski definition) is 7. The van der Waals surface area contributed by atoms with Crippen LogP contribution in [0, 0.1) is 0 Å². The van der Waals surface area contributed by atoms with Gasteiger partial charge in [0.05, 0.1) is 20.8 Å². The first-order valence-corrected chi connectivity index (χ1v) is 8.30. The summed E-state index contributed by atoms with van der Waals surface area (Å²) >= 11 is 0. The molecule has 0 aliphatic rings. The highest BCUT2D eigenvalue weighted by Gasteiger charge is 2.07. The third-order valence-electron chi connectivity index (χ3n) is 3.72. The van der Waals surface area contributed by atoms with Gasteiger partial charge in [-0.05, 0) is 6.07 Å². The molecule has 0 atom stereocenters. The summed E-state index contributed by atoms with van der Waals surface area (Å²) in [5.74, 6) is 1.55. The SMILES string of the molecule is COc1cc(NC(=O)NCCn2nc(-n3cncn3)ccc2=O)cc(OC)c1. The number of anilines is 1. The maximum Gasteiger partial charge on any atom is 0.319 e. The summed E-state index contributed by atoms with van der Waals surface area (Å²) < 4.78 is 13.0. The van der Waals surface area contributed by atoms with Gasteiger partial charge < -0.3 is 20.1 Å². The molecule has 28 heavy (non-hydrogen) atoms. The second-order valence-electron chi connectivity index (χ2n) is 5.58. The molecule has 2 N–H and O–H groups in total. The van der Waals surface area contributed by atoms with Crippen molar-refractivity contribution in [2.75, 3.05) is 26.1 Å². The molecule has 3 rings (SSSR count). The van der Waals surface area contributed by atoms with Gasteiger partial charge >= 0.3 is 6.03 Å².